The zero-order valence-electron chi connectivity index (χ0n) is 8.62. The average molecular weight is 314 g/mol. The number of aryl methyl sites for hydroxylation is 2. The summed E-state index contributed by atoms with van der Waals surface area (Å²) in [5.41, 5.74) is 3.80. The molecular formula is C11H11IN2O. The predicted molar refractivity (Wildman–Crippen MR) is 65.7 cm³/mol. The lowest BCUT2D eigenvalue weighted by atomic mass is 10.0. The highest BCUT2D eigenvalue weighted by molar-refractivity contribution is 14.1. The number of aromatic nitrogens is 2. The van der Waals surface area contributed by atoms with Crippen LogP contribution in [-0.4, -0.2) is 10.2 Å². The quantitative estimate of drug-likeness (QED) is 0.800. The highest BCUT2D eigenvalue weighted by atomic mass is 127. The second-order valence-electron chi connectivity index (χ2n) is 3.54. The molecule has 0 amide bonds. The van der Waals surface area contributed by atoms with E-state index in [-0.39, 0.29) is 0 Å². The van der Waals surface area contributed by atoms with Crippen molar-refractivity contribution in [2.75, 3.05) is 0 Å². The van der Waals surface area contributed by atoms with Crippen LogP contribution in [0.3, 0.4) is 0 Å². The molecule has 0 aliphatic carbocycles. The summed E-state index contributed by atoms with van der Waals surface area (Å²) in [4.78, 5) is 0. The summed E-state index contributed by atoms with van der Waals surface area (Å²) in [7, 11) is 0. The van der Waals surface area contributed by atoms with Crippen LogP contribution in [0.2, 0.25) is 0 Å². The van der Waals surface area contributed by atoms with Gasteiger partial charge in [0, 0.05) is 22.6 Å². The Kier molecular flexibility index (Phi) is 3.04. The molecule has 3 nitrogen and oxygen atoms in total. The Balaban J connectivity index is 2.21. The second kappa shape index (κ2) is 4.30. The maximum atomic E-state index is 5.32. The van der Waals surface area contributed by atoms with Gasteiger partial charge in [-0.25, -0.2) is 0 Å². The topological polar surface area (TPSA) is 38.9 Å². The average Bonchev–Trinajstić information content (AvgIpc) is 2.58. The van der Waals surface area contributed by atoms with Gasteiger partial charge in [0.25, 0.3) is 3.90 Å². The van der Waals surface area contributed by atoms with Crippen LogP contribution < -0.4 is 0 Å². The Morgan fingerprint density at radius 1 is 1.20 bits per heavy atom. The molecule has 0 aliphatic rings. The van der Waals surface area contributed by atoms with Crippen molar-refractivity contribution in [3.63, 3.8) is 0 Å². The molecule has 1 heterocycles. The van der Waals surface area contributed by atoms with E-state index in [2.05, 4.69) is 42.2 Å². The van der Waals surface area contributed by atoms with Gasteiger partial charge in [-0.1, -0.05) is 18.2 Å². The van der Waals surface area contributed by atoms with Crippen molar-refractivity contribution >= 4 is 22.6 Å². The molecule has 0 bridgehead atoms. The molecule has 15 heavy (non-hydrogen) atoms. The number of benzene rings is 1. The van der Waals surface area contributed by atoms with Crippen molar-refractivity contribution in [2.45, 2.75) is 20.3 Å². The molecule has 0 N–H and O–H groups in total. The first-order valence-electron chi connectivity index (χ1n) is 4.69. The lowest BCUT2D eigenvalue weighted by Crippen LogP contribution is -1.90. The Bertz CT molecular complexity index is 479. The fourth-order valence-corrected chi connectivity index (χ4v) is 1.75. The smallest absolute Gasteiger partial charge is 0.278 e. The SMILES string of the molecule is Cc1ccc(Cc2nnc(I)o2)cc1C. The van der Waals surface area contributed by atoms with E-state index in [9.17, 15) is 0 Å². The fraction of sp³-hybridized carbons (Fsp3) is 0.273. The molecule has 1 aromatic heterocycles. The normalized spacial score (nSPS) is 10.6. The summed E-state index contributed by atoms with van der Waals surface area (Å²) in [6, 6.07) is 6.37. The van der Waals surface area contributed by atoms with Gasteiger partial charge in [-0.05, 0) is 30.5 Å². The van der Waals surface area contributed by atoms with E-state index in [1.54, 1.807) is 0 Å². The molecule has 0 saturated carbocycles. The largest absolute Gasteiger partial charge is 0.416 e. The second-order valence-corrected chi connectivity index (χ2v) is 4.47. The van der Waals surface area contributed by atoms with E-state index >= 15 is 0 Å². The molecule has 0 unspecified atom stereocenters. The summed E-state index contributed by atoms with van der Waals surface area (Å²) in [5, 5.41) is 7.76. The van der Waals surface area contributed by atoms with E-state index in [0.717, 1.165) is 0 Å². The number of nitrogens with zero attached hydrogens (tertiary/aromatic N) is 2. The molecule has 2 rings (SSSR count). The molecule has 0 spiro atoms. The van der Waals surface area contributed by atoms with Crippen LogP contribution in [0.4, 0.5) is 0 Å². The number of halogens is 1. The summed E-state index contributed by atoms with van der Waals surface area (Å²) in [6.45, 7) is 4.21. The van der Waals surface area contributed by atoms with Gasteiger partial charge in [0.15, 0.2) is 0 Å². The van der Waals surface area contributed by atoms with Gasteiger partial charge in [-0.3, -0.25) is 0 Å². The highest BCUT2D eigenvalue weighted by Gasteiger charge is 2.05. The third-order valence-electron chi connectivity index (χ3n) is 2.37. The van der Waals surface area contributed by atoms with Gasteiger partial charge in [-0.2, -0.15) is 0 Å². The van der Waals surface area contributed by atoms with E-state index in [1.807, 2.05) is 22.6 Å². The van der Waals surface area contributed by atoms with Gasteiger partial charge >= 0.3 is 0 Å². The molecule has 0 saturated heterocycles. The summed E-state index contributed by atoms with van der Waals surface area (Å²) < 4.78 is 5.91. The standard InChI is InChI=1S/C11H11IN2O/c1-7-3-4-9(5-8(7)2)6-10-13-14-11(12)15-10/h3-5H,6H2,1-2H3. The molecule has 0 atom stereocenters. The minimum absolute atomic E-state index is 0.589. The lowest BCUT2D eigenvalue weighted by molar-refractivity contribution is 0.479. The third kappa shape index (κ3) is 2.56. The minimum Gasteiger partial charge on any atom is -0.416 e. The number of hydrogen-bond donors (Lipinski definition) is 0. The van der Waals surface area contributed by atoms with Crippen LogP contribution in [0.1, 0.15) is 22.6 Å². The Morgan fingerprint density at radius 2 is 2.00 bits per heavy atom. The van der Waals surface area contributed by atoms with Crippen molar-refractivity contribution in [2.24, 2.45) is 0 Å². The van der Waals surface area contributed by atoms with Crippen LogP contribution in [0.25, 0.3) is 0 Å². The predicted octanol–water partition coefficient (Wildman–Crippen LogP) is 2.88. The molecule has 2 aromatic rings. The van der Waals surface area contributed by atoms with Gasteiger partial charge in [-0.15, -0.1) is 10.2 Å². The summed E-state index contributed by atoms with van der Waals surface area (Å²) >= 11 is 2.02. The van der Waals surface area contributed by atoms with Crippen molar-refractivity contribution in [3.8, 4) is 0 Å². The molecule has 78 valence electrons. The van der Waals surface area contributed by atoms with Crippen LogP contribution in [0.5, 0.6) is 0 Å². The van der Waals surface area contributed by atoms with E-state index in [1.165, 1.54) is 16.7 Å². The van der Waals surface area contributed by atoms with Gasteiger partial charge in [0.2, 0.25) is 5.89 Å². The maximum Gasteiger partial charge on any atom is 0.278 e. The molecule has 0 fully saturated rings. The van der Waals surface area contributed by atoms with E-state index in [0.29, 0.717) is 16.2 Å². The maximum absolute atomic E-state index is 5.32. The number of rotatable bonds is 2. The first kappa shape index (κ1) is 10.6. The zero-order chi connectivity index (χ0) is 10.8. The Hall–Kier alpha value is -0.910. The number of hydrogen-bond acceptors (Lipinski definition) is 3. The van der Waals surface area contributed by atoms with Crippen molar-refractivity contribution < 1.29 is 4.42 Å². The molecule has 0 radical (unpaired) electrons. The molecule has 1 aromatic carbocycles. The first-order valence-corrected chi connectivity index (χ1v) is 5.77. The molecule has 4 heteroatoms. The van der Waals surface area contributed by atoms with Crippen molar-refractivity contribution in [3.05, 3.63) is 44.7 Å². The Labute approximate surface area is 102 Å². The Morgan fingerprint density at radius 3 is 2.60 bits per heavy atom. The van der Waals surface area contributed by atoms with Crippen LogP contribution >= 0.6 is 22.6 Å². The summed E-state index contributed by atoms with van der Waals surface area (Å²) in [5.74, 6) is 0.669. The van der Waals surface area contributed by atoms with Gasteiger partial charge in [0.1, 0.15) is 0 Å². The van der Waals surface area contributed by atoms with Gasteiger partial charge in [0.05, 0.1) is 6.42 Å². The fourth-order valence-electron chi connectivity index (χ4n) is 1.39. The zero-order valence-corrected chi connectivity index (χ0v) is 10.8. The molecular weight excluding hydrogens is 303 g/mol. The summed E-state index contributed by atoms with van der Waals surface area (Å²) in [6.07, 6.45) is 0.705. The van der Waals surface area contributed by atoms with Crippen molar-refractivity contribution in [1.82, 2.24) is 10.2 Å². The van der Waals surface area contributed by atoms with Gasteiger partial charge < -0.3 is 4.42 Å². The van der Waals surface area contributed by atoms with Crippen LogP contribution in [0.15, 0.2) is 22.6 Å². The first-order chi connectivity index (χ1) is 7.15. The highest BCUT2D eigenvalue weighted by Crippen LogP contribution is 2.13. The molecule has 0 aliphatic heterocycles. The van der Waals surface area contributed by atoms with Crippen molar-refractivity contribution in [1.29, 1.82) is 0 Å². The van der Waals surface area contributed by atoms with E-state index < -0.39 is 0 Å². The van der Waals surface area contributed by atoms with Crippen LogP contribution in [-0.2, 0) is 6.42 Å². The third-order valence-corrected chi connectivity index (χ3v) is 2.80. The minimum atomic E-state index is 0.589. The van der Waals surface area contributed by atoms with Crippen LogP contribution in [0, 0.1) is 17.7 Å². The monoisotopic (exact) mass is 314 g/mol. The van der Waals surface area contributed by atoms with E-state index in [4.69, 9.17) is 4.42 Å². The lowest BCUT2D eigenvalue weighted by Gasteiger charge is -2.02.